The summed E-state index contributed by atoms with van der Waals surface area (Å²) in [4.78, 5) is 22.7. The summed E-state index contributed by atoms with van der Waals surface area (Å²) in [5, 5.41) is 6.45. The third-order valence-corrected chi connectivity index (χ3v) is 4.72. The van der Waals surface area contributed by atoms with Gasteiger partial charge in [-0.05, 0) is 30.0 Å². The van der Waals surface area contributed by atoms with Crippen LogP contribution in [0.25, 0.3) is 0 Å². The van der Waals surface area contributed by atoms with Crippen molar-refractivity contribution in [2.24, 2.45) is 5.16 Å². The monoisotopic (exact) mass is 379 g/mol. The van der Waals surface area contributed by atoms with Gasteiger partial charge in [0.05, 0.1) is 0 Å². The normalized spacial score (nSPS) is 17.7. The molecule has 0 aliphatic heterocycles. The number of nitrogens with one attached hydrogen (secondary N) is 2. The van der Waals surface area contributed by atoms with Gasteiger partial charge in [0.1, 0.15) is 13.7 Å². The Morgan fingerprint density at radius 2 is 1.86 bits per heavy atom. The number of oxime groups is 1. The number of hydrogen-bond acceptors (Lipinski definition) is 5. The molecule has 1 aliphatic rings. The lowest BCUT2D eigenvalue weighted by Crippen LogP contribution is -2.29. The van der Waals surface area contributed by atoms with Crippen molar-refractivity contribution in [2.75, 3.05) is 14.2 Å². The zero-order valence-corrected chi connectivity index (χ0v) is 16.4. The van der Waals surface area contributed by atoms with Crippen LogP contribution in [-0.2, 0) is 21.1 Å². The van der Waals surface area contributed by atoms with E-state index in [0.29, 0.717) is 11.5 Å². The van der Waals surface area contributed by atoms with E-state index in [1.807, 2.05) is 37.3 Å². The highest BCUT2D eigenvalue weighted by Crippen LogP contribution is 2.48. The van der Waals surface area contributed by atoms with Gasteiger partial charge in [0.15, 0.2) is 5.71 Å². The Morgan fingerprint density at radius 1 is 1.14 bits per heavy atom. The van der Waals surface area contributed by atoms with Gasteiger partial charge in [-0.15, -0.1) is 0 Å². The number of allylic oxidation sites excluding steroid dienone is 2. The summed E-state index contributed by atoms with van der Waals surface area (Å²) in [6.45, 7) is 2.31. The molecule has 1 aliphatic carbocycles. The van der Waals surface area contributed by atoms with E-state index in [4.69, 9.17) is 9.68 Å². The van der Waals surface area contributed by atoms with E-state index in [-0.39, 0.29) is 18.2 Å². The molecule has 6 nitrogen and oxygen atoms in total. The first-order valence-corrected chi connectivity index (χ1v) is 9.19. The van der Waals surface area contributed by atoms with E-state index in [9.17, 15) is 4.79 Å². The number of rotatable bonds is 8. The topological polar surface area (TPSA) is 72.0 Å². The third-order valence-electron chi connectivity index (χ3n) is 4.72. The van der Waals surface area contributed by atoms with Crippen molar-refractivity contribution in [3.8, 4) is 0 Å². The van der Waals surface area contributed by atoms with Crippen LogP contribution in [0.4, 0.5) is 0 Å². The SMILES string of the molecule is CNC(=O)C(=NOC)c1ccccc1CONC(C)=C1C[C@H]1c1ccccc1. The molecule has 2 aromatic carbocycles. The smallest absolute Gasteiger partial charge is 0.273 e. The Hall–Kier alpha value is -3.12. The first-order chi connectivity index (χ1) is 13.7. The fraction of sp³-hybridized carbons (Fsp3) is 0.273. The van der Waals surface area contributed by atoms with Gasteiger partial charge in [0, 0.05) is 24.2 Å². The average molecular weight is 379 g/mol. The Bertz CT molecular complexity index is 891. The summed E-state index contributed by atoms with van der Waals surface area (Å²) in [5.41, 5.74) is 8.47. The quantitative estimate of drug-likeness (QED) is 0.545. The van der Waals surface area contributed by atoms with E-state index in [1.165, 1.54) is 18.2 Å². The molecule has 0 heterocycles. The number of hydroxylamine groups is 1. The molecule has 0 aromatic heterocycles. The Labute approximate surface area is 165 Å². The van der Waals surface area contributed by atoms with Crippen molar-refractivity contribution < 1.29 is 14.5 Å². The molecule has 0 saturated heterocycles. The van der Waals surface area contributed by atoms with Crippen molar-refractivity contribution in [3.05, 3.63) is 82.6 Å². The molecule has 1 fully saturated rings. The summed E-state index contributed by atoms with van der Waals surface area (Å²) in [6, 6.07) is 17.9. The Kier molecular flexibility index (Phi) is 6.45. The van der Waals surface area contributed by atoms with Gasteiger partial charge in [-0.3, -0.25) is 15.1 Å². The highest BCUT2D eigenvalue weighted by atomic mass is 16.6. The second-order valence-electron chi connectivity index (χ2n) is 6.57. The first kappa shape index (κ1) is 19.6. The standard InChI is InChI=1S/C22H25N3O3/c1-15(19-13-20(19)16-9-5-4-6-10-16)24-28-14-17-11-7-8-12-18(17)21(25-27-3)22(26)23-2/h4-12,20,24H,13-14H2,1-3H3,(H,23,26)/t20-/m0/s1. The van der Waals surface area contributed by atoms with Crippen molar-refractivity contribution in [1.29, 1.82) is 0 Å². The second-order valence-corrected chi connectivity index (χ2v) is 6.57. The zero-order valence-electron chi connectivity index (χ0n) is 16.4. The number of amides is 1. The van der Waals surface area contributed by atoms with Crippen LogP contribution in [0.5, 0.6) is 0 Å². The zero-order chi connectivity index (χ0) is 19.9. The molecular weight excluding hydrogens is 354 g/mol. The third kappa shape index (κ3) is 4.58. The first-order valence-electron chi connectivity index (χ1n) is 9.19. The molecule has 1 atom stereocenters. The fourth-order valence-corrected chi connectivity index (χ4v) is 3.17. The molecule has 1 saturated carbocycles. The maximum Gasteiger partial charge on any atom is 0.273 e. The lowest BCUT2D eigenvalue weighted by atomic mass is 10.0. The lowest BCUT2D eigenvalue weighted by molar-refractivity contribution is -0.114. The predicted molar refractivity (Wildman–Crippen MR) is 108 cm³/mol. The summed E-state index contributed by atoms with van der Waals surface area (Å²) in [5.74, 6) is 0.155. The number of nitrogens with zero attached hydrogens (tertiary/aromatic N) is 1. The summed E-state index contributed by atoms with van der Waals surface area (Å²) >= 11 is 0. The number of hydrogen-bond donors (Lipinski definition) is 2. The van der Waals surface area contributed by atoms with Gasteiger partial charge in [-0.2, -0.15) is 0 Å². The predicted octanol–water partition coefficient (Wildman–Crippen LogP) is 3.27. The molecule has 0 radical (unpaired) electrons. The van der Waals surface area contributed by atoms with Crippen LogP contribution in [0.15, 0.2) is 71.0 Å². The van der Waals surface area contributed by atoms with Crippen LogP contribution in [-0.4, -0.2) is 25.8 Å². The summed E-state index contributed by atoms with van der Waals surface area (Å²) in [7, 11) is 2.97. The largest absolute Gasteiger partial charge is 0.398 e. The van der Waals surface area contributed by atoms with E-state index >= 15 is 0 Å². The number of carbonyl (C=O) groups is 1. The van der Waals surface area contributed by atoms with Crippen molar-refractivity contribution in [3.63, 3.8) is 0 Å². The fourth-order valence-electron chi connectivity index (χ4n) is 3.17. The molecule has 0 bridgehead atoms. The molecule has 0 unspecified atom stereocenters. The minimum Gasteiger partial charge on any atom is -0.398 e. The van der Waals surface area contributed by atoms with Crippen molar-refractivity contribution >= 4 is 11.6 Å². The summed E-state index contributed by atoms with van der Waals surface area (Å²) < 4.78 is 0. The minimum atomic E-state index is -0.316. The van der Waals surface area contributed by atoms with E-state index < -0.39 is 0 Å². The van der Waals surface area contributed by atoms with Crippen LogP contribution in [0, 0.1) is 0 Å². The molecule has 28 heavy (non-hydrogen) atoms. The van der Waals surface area contributed by atoms with Crippen LogP contribution in [0.2, 0.25) is 0 Å². The van der Waals surface area contributed by atoms with Gasteiger partial charge in [-0.25, -0.2) is 0 Å². The number of benzene rings is 2. The second kappa shape index (κ2) is 9.19. The average Bonchev–Trinajstić information content (AvgIpc) is 3.54. The molecule has 146 valence electrons. The highest BCUT2D eigenvalue weighted by Gasteiger charge is 2.33. The van der Waals surface area contributed by atoms with Crippen LogP contribution in [0.3, 0.4) is 0 Å². The van der Waals surface area contributed by atoms with Gasteiger partial charge in [0.2, 0.25) is 0 Å². The van der Waals surface area contributed by atoms with Crippen molar-refractivity contribution in [2.45, 2.75) is 25.9 Å². The maximum absolute atomic E-state index is 12.1. The maximum atomic E-state index is 12.1. The summed E-state index contributed by atoms with van der Waals surface area (Å²) in [6.07, 6.45) is 1.05. The molecule has 3 rings (SSSR count). The van der Waals surface area contributed by atoms with Gasteiger partial charge in [-0.1, -0.05) is 59.8 Å². The van der Waals surface area contributed by atoms with Crippen LogP contribution < -0.4 is 10.8 Å². The highest BCUT2D eigenvalue weighted by molar-refractivity contribution is 6.45. The minimum absolute atomic E-state index is 0.214. The number of carbonyl (C=O) groups excluding carboxylic acids is 1. The molecule has 1 amide bonds. The van der Waals surface area contributed by atoms with E-state index in [1.54, 1.807) is 7.05 Å². The lowest BCUT2D eigenvalue weighted by Gasteiger charge is -2.12. The molecular formula is C22H25N3O3. The molecule has 2 aromatic rings. The van der Waals surface area contributed by atoms with Gasteiger partial charge >= 0.3 is 0 Å². The van der Waals surface area contributed by atoms with E-state index in [0.717, 1.165) is 17.7 Å². The number of likely N-dealkylation sites (N-methyl/N-ethyl adjacent to an activating group) is 1. The van der Waals surface area contributed by atoms with Gasteiger partial charge < -0.3 is 10.2 Å². The van der Waals surface area contributed by atoms with Crippen LogP contribution >= 0.6 is 0 Å². The molecule has 6 heteroatoms. The Balaban J connectivity index is 1.65. The van der Waals surface area contributed by atoms with Gasteiger partial charge in [0.25, 0.3) is 5.91 Å². The van der Waals surface area contributed by atoms with Crippen molar-refractivity contribution in [1.82, 2.24) is 10.8 Å². The van der Waals surface area contributed by atoms with Crippen LogP contribution in [0.1, 0.15) is 36.0 Å². The van der Waals surface area contributed by atoms with E-state index in [2.05, 4.69) is 40.2 Å². The Morgan fingerprint density at radius 3 is 2.57 bits per heavy atom. The molecule has 0 spiro atoms. The molecule has 2 N–H and O–H groups in total.